The fourth-order valence-corrected chi connectivity index (χ4v) is 4.66. The molecule has 0 bridgehead atoms. The number of hydrogen-bond acceptors (Lipinski definition) is 4. The van der Waals surface area contributed by atoms with Crippen molar-refractivity contribution in [1.82, 2.24) is 0 Å². The van der Waals surface area contributed by atoms with E-state index in [9.17, 15) is 4.79 Å². The predicted molar refractivity (Wildman–Crippen MR) is 80.2 cm³/mol. The Morgan fingerprint density at radius 3 is 2.68 bits per heavy atom. The number of thioether (sulfide) groups is 1. The standard InChI is InChI=1S/C15H27NO2S/c1-3-18-14(17)15(16,12-7-8-12)10-19-13-6-4-5-11(2)9-13/h11-13H,3-10,16H2,1-2H3. The molecule has 2 rings (SSSR count). The molecule has 4 heteroatoms. The Morgan fingerprint density at radius 2 is 2.11 bits per heavy atom. The molecule has 3 unspecified atom stereocenters. The Kier molecular flexibility index (Phi) is 5.18. The zero-order valence-corrected chi connectivity index (χ0v) is 13.0. The lowest BCUT2D eigenvalue weighted by Crippen LogP contribution is -2.53. The number of hydrogen-bond donors (Lipinski definition) is 1. The summed E-state index contributed by atoms with van der Waals surface area (Å²) in [5, 5.41) is 0.680. The zero-order valence-electron chi connectivity index (χ0n) is 12.2. The maximum atomic E-state index is 12.1. The number of carbonyl (C=O) groups excluding carboxylic acids is 1. The molecule has 0 radical (unpaired) electrons. The quantitative estimate of drug-likeness (QED) is 0.762. The van der Waals surface area contributed by atoms with Crippen LogP contribution in [-0.4, -0.2) is 29.1 Å². The molecule has 0 aromatic heterocycles. The second-order valence-corrected chi connectivity index (χ2v) is 7.53. The van der Waals surface area contributed by atoms with Crippen molar-refractivity contribution in [3.8, 4) is 0 Å². The first-order valence-corrected chi connectivity index (χ1v) is 8.68. The average Bonchev–Trinajstić information content (AvgIpc) is 3.21. The van der Waals surface area contributed by atoms with Gasteiger partial charge in [-0.05, 0) is 44.4 Å². The van der Waals surface area contributed by atoms with Crippen molar-refractivity contribution < 1.29 is 9.53 Å². The molecule has 3 atom stereocenters. The van der Waals surface area contributed by atoms with E-state index in [2.05, 4.69) is 6.92 Å². The van der Waals surface area contributed by atoms with Gasteiger partial charge in [-0.15, -0.1) is 0 Å². The molecule has 0 aliphatic heterocycles. The molecule has 2 saturated carbocycles. The minimum absolute atomic E-state index is 0.186. The molecular weight excluding hydrogens is 258 g/mol. The second-order valence-electron chi connectivity index (χ2n) is 6.24. The lowest BCUT2D eigenvalue weighted by Gasteiger charge is -2.31. The van der Waals surface area contributed by atoms with Crippen LogP contribution in [0.1, 0.15) is 52.4 Å². The van der Waals surface area contributed by atoms with Crippen molar-refractivity contribution in [1.29, 1.82) is 0 Å². The maximum Gasteiger partial charge on any atom is 0.327 e. The molecule has 19 heavy (non-hydrogen) atoms. The van der Waals surface area contributed by atoms with Crippen molar-refractivity contribution in [3.63, 3.8) is 0 Å². The normalized spacial score (nSPS) is 30.7. The third kappa shape index (κ3) is 3.88. The molecule has 2 N–H and O–H groups in total. The van der Waals surface area contributed by atoms with E-state index < -0.39 is 5.54 Å². The van der Waals surface area contributed by atoms with Crippen molar-refractivity contribution in [2.24, 2.45) is 17.6 Å². The van der Waals surface area contributed by atoms with Crippen LogP contribution in [-0.2, 0) is 9.53 Å². The van der Waals surface area contributed by atoms with Gasteiger partial charge in [0.2, 0.25) is 0 Å². The minimum Gasteiger partial charge on any atom is -0.465 e. The van der Waals surface area contributed by atoms with Crippen LogP contribution in [0.15, 0.2) is 0 Å². The number of rotatable bonds is 6. The molecule has 0 amide bonds. The van der Waals surface area contributed by atoms with Gasteiger partial charge in [-0.2, -0.15) is 11.8 Å². The molecule has 2 fully saturated rings. The molecule has 2 aliphatic rings. The van der Waals surface area contributed by atoms with Crippen LogP contribution in [0.2, 0.25) is 0 Å². The van der Waals surface area contributed by atoms with Gasteiger partial charge in [0.05, 0.1) is 6.61 Å². The second kappa shape index (κ2) is 6.49. The Morgan fingerprint density at radius 1 is 1.37 bits per heavy atom. The Hall–Kier alpha value is -0.220. The third-order valence-corrected chi connectivity index (χ3v) is 5.95. The number of ether oxygens (including phenoxy) is 1. The largest absolute Gasteiger partial charge is 0.465 e. The number of esters is 1. The number of nitrogens with two attached hydrogens (primary N) is 1. The summed E-state index contributed by atoms with van der Waals surface area (Å²) in [6.45, 7) is 4.60. The molecule has 0 spiro atoms. The zero-order chi connectivity index (χ0) is 13.9. The van der Waals surface area contributed by atoms with Gasteiger partial charge in [0.15, 0.2) is 0 Å². The summed E-state index contributed by atoms with van der Waals surface area (Å²) in [5.41, 5.74) is 5.65. The summed E-state index contributed by atoms with van der Waals surface area (Å²) >= 11 is 1.90. The summed E-state index contributed by atoms with van der Waals surface area (Å²) in [6, 6.07) is 0. The molecule has 0 saturated heterocycles. The van der Waals surface area contributed by atoms with Crippen molar-refractivity contribution in [2.45, 2.75) is 63.2 Å². The summed E-state index contributed by atoms with van der Waals surface area (Å²) in [6.07, 6.45) is 7.38. The van der Waals surface area contributed by atoms with E-state index in [0.717, 1.165) is 24.5 Å². The van der Waals surface area contributed by atoms with Gasteiger partial charge in [0, 0.05) is 11.0 Å². The fourth-order valence-electron chi connectivity index (χ4n) is 2.99. The van der Waals surface area contributed by atoms with Crippen LogP contribution in [0.5, 0.6) is 0 Å². The highest BCUT2D eigenvalue weighted by Crippen LogP contribution is 2.42. The molecule has 110 valence electrons. The van der Waals surface area contributed by atoms with E-state index in [1.54, 1.807) is 0 Å². The molecule has 0 aromatic carbocycles. The molecule has 0 heterocycles. The third-order valence-electron chi connectivity index (χ3n) is 4.41. The van der Waals surface area contributed by atoms with Crippen LogP contribution >= 0.6 is 11.8 Å². The van der Waals surface area contributed by atoms with Crippen molar-refractivity contribution >= 4 is 17.7 Å². The van der Waals surface area contributed by atoms with Gasteiger partial charge in [-0.1, -0.05) is 19.8 Å². The van der Waals surface area contributed by atoms with Crippen LogP contribution in [0, 0.1) is 11.8 Å². The van der Waals surface area contributed by atoms with Crippen LogP contribution in [0.25, 0.3) is 0 Å². The summed E-state index contributed by atoms with van der Waals surface area (Å²) in [5.74, 6) is 1.71. The average molecular weight is 285 g/mol. The molecule has 0 aromatic rings. The van der Waals surface area contributed by atoms with Gasteiger partial charge in [0.25, 0.3) is 0 Å². The first-order chi connectivity index (χ1) is 9.06. The lowest BCUT2D eigenvalue weighted by molar-refractivity contribution is -0.149. The van der Waals surface area contributed by atoms with Gasteiger partial charge in [0.1, 0.15) is 5.54 Å². The molecule has 2 aliphatic carbocycles. The van der Waals surface area contributed by atoms with Crippen molar-refractivity contribution in [3.05, 3.63) is 0 Å². The summed E-state index contributed by atoms with van der Waals surface area (Å²) in [4.78, 5) is 12.1. The highest BCUT2D eigenvalue weighted by atomic mass is 32.2. The topological polar surface area (TPSA) is 52.3 Å². The maximum absolute atomic E-state index is 12.1. The summed E-state index contributed by atoms with van der Waals surface area (Å²) < 4.78 is 5.19. The van der Waals surface area contributed by atoms with Gasteiger partial charge in [-0.3, -0.25) is 4.79 Å². The van der Waals surface area contributed by atoms with E-state index in [0.29, 0.717) is 17.8 Å². The lowest BCUT2D eigenvalue weighted by atomic mass is 9.90. The van der Waals surface area contributed by atoms with Gasteiger partial charge < -0.3 is 10.5 Å². The van der Waals surface area contributed by atoms with Gasteiger partial charge >= 0.3 is 5.97 Å². The van der Waals surface area contributed by atoms with E-state index in [1.165, 1.54) is 25.7 Å². The monoisotopic (exact) mass is 285 g/mol. The summed E-state index contributed by atoms with van der Waals surface area (Å²) in [7, 11) is 0. The van der Waals surface area contributed by atoms with Crippen LogP contribution in [0.3, 0.4) is 0 Å². The van der Waals surface area contributed by atoms with Crippen LogP contribution < -0.4 is 5.73 Å². The Labute approximate surface area is 121 Å². The first-order valence-electron chi connectivity index (χ1n) is 7.64. The van der Waals surface area contributed by atoms with E-state index in [4.69, 9.17) is 10.5 Å². The molecular formula is C15H27NO2S. The minimum atomic E-state index is -0.735. The first kappa shape index (κ1) is 15.2. The number of carbonyl (C=O) groups is 1. The van der Waals surface area contributed by atoms with Crippen LogP contribution in [0.4, 0.5) is 0 Å². The smallest absolute Gasteiger partial charge is 0.327 e. The molecule has 3 nitrogen and oxygen atoms in total. The predicted octanol–water partition coefficient (Wildman–Crippen LogP) is 2.97. The highest BCUT2D eigenvalue weighted by molar-refractivity contribution is 8.00. The Bertz CT molecular complexity index is 319. The van der Waals surface area contributed by atoms with Crippen molar-refractivity contribution in [2.75, 3.05) is 12.4 Å². The SMILES string of the molecule is CCOC(=O)C(N)(CSC1CCCC(C)C1)C1CC1. The Balaban J connectivity index is 1.88. The van der Waals surface area contributed by atoms with Gasteiger partial charge in [-0.25, -0.2) is 0 Å². The van der Waals surface area contributed by atoms with E-state index in [1.807, 2.05) is 18.7 Å². The fraction of sp³-hybridized carbons (Fsp3) is 0.933. The van der Waals surface area contributed by atoms with E-state index in [-0.39, 0.29) is 5.97 Å². The van der Waals surface area contributed by atoms with E-state index >= 15 is 0 Å². The highest BCUT2D eigenvalue weighted by Gasteiger charge is 2.49.